The van der Waals surface area contributed by atoms with Crippen molar-refractivity contribution in [2.45, 2.75) is 6.92 Å². The number of carbonyl (C=O) groups is 1. The highest BCUT2D eigenvalue weighted by Gasteiger charge is 2.24. The van der Waals surface area contributed by atoms with Crippen LogP contribution in [0, 0.1) is 6.92 Å². The van der Waals surface area contributed by atoms with Crippen LogP contribution in [0.3, 0.4) is 0 Å². The van der Waals surface area contributed by atoms with Crippen LogP contribution in [-0.2, 0) is 0 Å². The number of amides is 2. The van der Waals surface area contributed by atoms with Crippen LogP contribution in [-0.4, -0.2) is 11.0 Å². The number of anilines is 2. The first kappa shape index (κ1) is 15.8. The van der Waals surface area contributed by atoms with E-state index in [9.17, 15) is 4.79 Å². The number of aromatic nitrogens is 1. The summed E-state index contributed by atoms with van der Waals surface area (Å²) in [6, 6.07) is 17.3. The molecule has 0 saturated carbocycles. The number of nitrogens with zero attached hydrogens (tertiary/aromatic N) is 1. The molecule has 2 aromatic heterocycles. The van der Waals surface area contributed by atoms with E-state index >= 15 is 0 Å². The van der Waals surface area contributed by atoms with Gasteiger partial charge in [-0.3, -0.25) is 0 Å². The van der Waals surface area contributed by atoms with Gasteiger partial charge in [0.05, 0.1) is 21.6 Å². The molecular weight excluding hydrogens is 358 g/mol. The molecule has 0 atom stereocenters. The first-order valence-electron chi connectivity index (χ1n) is 8.52. The molecule has 132 valence electrons. The van der Waals surface area contributed by atoms with Crippen LogP contribution in [0.4, 0.5) is 16.2 Å². The van der Waals surface area contributed by atoms with Crippen LogP contribution >= 0.6 is 11.3 Å². The second kappa shape index (κ2) is 6.10. The predicted octanol–water partition coefficient (Wildman–Crippen LogP) is 6.02. The summed E-state index contributed by atoms with van der Waals surface area (Å²) in [7, 11) is 0. The van der Waals surface area contributed by atoms with Crippen molar-refractivity contribution in [3.05, 3.63) is 66.4 Å². The van der Waals surface area contributed by atoms with Crippen LogP contribution in [0.2, 0.25) is 0 Å². The minimum Gasteiger partial charge on any atom is -0.457 e. The minimum absolute atomic E-state index is 0.226. The Labute approximate surface area is 159 Å². The molecule has 2 amide bonds. The van der Waals surface area contributed by atoms with Crippen molar-refractivity contribution >= 4 is 39.0 Å². The summed E-state index contributed by atoms with van der Waals surface area (Å²) in [5.41, 5.74) is 3.74. The van der Waals surface area contributed by atoms with E-state index in [0.29, 0.717) is 0 Å². The van der Waals surface area contributed by atoms with Gasteiger partial charge in [0.1, 0.15) is 16.3 Å². The summed E-state index contributed by atoms with van der Waals surface area (Å²) in [6.07, 6.45) is 1.72. The Morgan fingerprint density at radius 2 is 1.85 bits per heavy atom. The number of carbonyl (C=O) groups excluding carboxylic acids is 1. The van der Waals surface area contributed by atoms with Gasteiger partial charge >= 0.3 is 6.03 Å². The van der Waals surface area contributed by atoms with Gasteiger partial charge in [0.15, 0.2) is 0 Å². The van der Waals surface area contributed by atoms with Crippen molar-refractivity contribution in [2.24, 2.45) is 0 Å². The molecule has 0 fully saturated rings. The quantitative estimate of drug-likeness (QED) is 0.461. The zero-order valence-corrected chi connectivity index (χ0v) is 15.3. The Morgan fingerprint density at radius 3 is 2.67 bits per heavy atom. The third kappa shape index (κ3) is 2.71. The minimum atomic E-state index is -0.226. The first-order chi connectivity index (χ1) is 13.2. The monoisotopic (exact) mass is 373 g/mol. The number of thiophene rings is 1. The molecule has 5 nitrogen and oxygen atoms in total. The second-order valence-electron chi connectivity index (χ2n) is 6.32. The number of benzene rings is 2. The molecule has 4 aromatic rings. The van der Waals surface area contributed by atoms with Crippen molar-refractivity contribution in [2.75, 3.05) is 10.6 Å². The molecule has 1 aliphatic rings. The fourth-order valence-corrected chi connectivity index (χ4v) is 4.50. The highest BCUT2D eigenvalue weighted by atomic mass is 32.1. The van der Waals surface area contributed by atoms with Crippen LogP contribution < -0.4 is 15.4 Å². The molecule has 2 N–H and O–H groups in total. The normalized spacial score (nSPS) is 12.6. The number of urea groups is 1. The SMILES string of the molecule is Cc1cc(Oc2ccccc2)ccc1-c1sc2nccc3c2c1NC(=O)N3. The highest BCUT2D eigenvalue weighted by molar-refractivity contribution is 7.23. The molecule has 27 heavy (non-hydrogen) atoms. The number of para-hydroxylation sites is 1. The van der Waals surface area contributed by atoms with E-state index in [4.69, 9.17) is 4.74 Å². The summed E-state index contributed by atoms with van der Waals surface area (Å²) in [4.78, 5) is 18.4. The number of hydrogen-bond acceptors (Lipinski definition) is 4. The Balaban J connectivity index is 1.59. The van der Waals surface area contributed by atoms with Gasteiger partial charge in [-0.15, -0.1) is 11.3 Å². The maximum atomic E-state index is 12.0. The number of pyridine rings is 1. The summed E-state index contributed by atoms with van der Waals surface area (Å²) < 4.78 is 5.92. The van der Waals surface area contributed by atoms with Crippen molar-refractivity contribution in [3.8, 4) is 21.9 Å². The van der Waals surface area contributed by atoms with Gasteiger partial charge in [-0.1, -0.05) is 18.2 Å². The van der Waals surface area contributed by atoms with Crippen molar-refractivity contribution in [1.29, 1.82) is 0 Å². The zero-order valence-electron chi connectivity index (χ0n) is 14.4. The average Bonchev–Trinajstić information content (AvgIpc) is 3.02. The number of aryl methyl sites for hydroxylation is 1. The smallest absolute Gasteiger partial charge is 0.323 e. The maximum Gasteiger partial charge on any atom is 0.323 e. The molecule has 2 aromatic carbocycles. The predicted molar refractivity (Wildman–Crippen MR) is 109 cm³/mol. The average molecular weight is 373 g/mol. The van der Waals surface area contributed by atoms with Crippen molar-refractivity contribution < 1.29 is 9.53 Å². The summed E-state index contributed by atoms with van der Waals surface area (Å²) in [5.74, 6) is 1.58. The van der Waals surface area contributed by atoms with Crippen LogP contribution in [0.25, 0.3) is 20.7 Å². The third-order valence-corrected chi connectivity index (χ3v) is 5.63. The third-order valence-electron chi connectivity index (χ3n) is 4.50. The lowest BCUT2D eigenvalue weighted by Crippen LogP contribution is -2.23. The van der Waals surface area contributed by atoms with Gasteiger partial charge in [0, 0.05) is 6.20 Å². The van der Waals surface area contributed by atoms with Gasteiger partial charge < -0.3 is 15.4 Å². The largest absolute Gasteiger partial charge is 0.457 e. The number of hydrogen-bond donors (Lipinski definition) is 2. The lowest BCUT2D eigenvalue weighted by molar-refractivity contribution is 0.262. The molecule has 5 rings (SSSR count). The van der Waals surface area contributed by atoms with E-state index in [1.807, 2.05) is 61.5 Å². The zero-order chi connectivity index (χ0) is 18.4. The van der Waals surface area contributed by atoms with E-state index in [2.05, 4.69) is 15.6 Å². The Bertz CT molecular complexity index is 1180. The lowest BCUT2D eigenvalue weighted by atomic mass is 10.0. The van der Waals surface area contributed by atoms with E-state index in [1.165, 1.54) is 0 Å². The molecule has 0 radical (unpaired) electrons. The van der Waals surface area contributed by atoms with E-state index in [-0.39, 0.29) is 6.03 Å². The van der Waals surface area contributed by atoms with Gasteiger partial charge in [-0.05, 0) is 54.4 Å². The molecule has 1 aliphatic heterocycles. The molecule has 0 aliphatic carbocycles. The Kier molecular flexibility index (Phi) is 3.58. The fourth-order valence-electron chi connectivity index (χ4n) is 3.28. The molecule has 0 bridgehead atoms. The van der Waals surface area contributed by atoms with Gasteiger partial charge in [0.25, 0.3) is 0 Å². The summed E-state index contributed by atoms with van der Waals surface area (Å²) in [6.45, 7) is 2.04. The number of nitrogens with one attached hydrogen (secondary N) is 2. The standard InChI is InChI=1S/C21H15N3O2S/c1-12-11-14(26-13-5-3-2-4-6-13)7-8-15(12)19-18-17-16(23-21(25)24-18)9-10-22-20(17)27-19/h2-11H,1H3,(H2,23,24,25). The fraction of sp³-hybridized carbons (Fsp3) is 0.0476. The van der Waals surface area contributed by atoms with Gasteiger partial charge in [-0.25, -0.2) is 9.78 Å². The van der Waals surface area contributed by atoms with Crippen LogP contribution in [0.5, 0.6) is 11.5 Å². The molecule has 0 spiro atoms. The topological polar surface area (TPSA) is 63.2 Å². The van der Waals surface area contributed by atoms with Crippen LogP contribution in [0.15, 0.2) is 60.8 Å². The molecule has 6 heteroatoms. The summed E-state index contributed by atoms with van der Waals surface area (Å²) >= 11 is 1.58. The van der Waals surface area contributed by atoms with E-state index in [0.717, 1.165) is 49.1 Å². The Morgan fingerprint density at radius 1 is 1.00 bits per heavy atom. The van der Waals surface area contributed by atoms with Crippen molar-refractivity contribution in [3.63, 3.8) is 0 Å². The number of ether oxygens (including phenoxy) is 1. The lowest BCUT2D eigenvalue weighted by Gasteiger charge is -2.17. The van der Waals surface area contributed by atoms with Crippen LogP contribution in [0.1, 0.15) is 5.56 Å². The first-order valence-corrected chi connectivity index (χ1v) is 9.34. The van der Waals surface area contributed by atoms with Gasteiger partial charge in [0.2, 0.25) is 0 Å². The number of rotatable bonds is 3. The Hall–Kier alpha value is -3.38. The molecule has 0 saturated heterocycles. The molecular formula is C21H15N3O2S. The molecule has 3 heterocycles. The van der Waals surface area contributed by atoms with Crippen molar-refractivity contribution in [1.82, 2.24) is 4.98 Å². The van der Waals surface area contributed by atoms with E-state index < -0.39 is 0 Å². The van der Waals surface area contributed by atoms with Gasteiger partial charge in [-0.2, -0.15) is 0 Å². The summed E-state index contributed by atoms with van der Waals surface area (Å²) in [5, 5.41) is 6.74. The highest BCUT2D eigenvalue weighted by Crippen LogP contribution is 2.47. The molecule has 0 unspecified atom stereocenters. The van der Waals surface area contributed by atoms with E-state index in [1.54, 1.807) is 17.5 Å². The second-order valence-corrected chi connectivity index (χ2v) is 7.31. The maximum absolute atomic E-state index is 12.0.